The Morgan fingerprint density at radius 2 is 1.60 bits per heavy atom. The quantitative estimate of drug-likeness (QED) is 0.319. The Hall–Kier alpha value is -5.01. The van der Waals surface area contributed by atoms with E-state index in [-0.39, 0.29) is 54.4 Å². The van der Waals surface area contributed by atoms with Crippen LogP contribution < -0.4 is 21.3 Å². The maximum atomic E-state index is 14.1. The van der Waals surface area contributed by atoms with Crippen molar-refractivity contribution in [3.63, 3.8) is 0 Å². The van der Waals surface area contributed by atoms with Crippen LogP contribution in [-0.4, -0.2) is 69.1 Å². The fourth-order valence-corrected chi connectivity index (χ4v) is 5.73. The van der Waals surface area contributed by atoms with Gasteiger partial charge in [0.25, 0.3) is 11.8 Å². The van der Waals surface area contributed by atoms with Gasteiger partial charge >= 0.3 is 0 Å². The van der Waals surface area contributed by atoms with Gasteiger partial charge in [-0.25, -0.2) is 9.97 Å². The number of nitrogens with one attached hydrogen (secondary N) is 4. The van der Waals surface area contributed by atoms with Crippen molar-refractivity contribution >= 4 is 29.5 Å². The predicted molar refractivity (Wildman–Crippen MR) is 172 cm³/mol. The molecule has 1 saturated heterocycles. The van der Waals surface area contributed by atoms with Crippen molar-refractivity contribution in [2.75, 3.05) is 6.54 Å². The Balaban J connectivity index is 1.53. The summed E-state index contributed by atoms with van der Waals surface area (Å²) in [5, 5.41) is 11.5. The first-order valence-corrected chi connectivity index (χ1v) is 16.2. The van der Waals surface area contributed by atoms with Crippen molar-refractivity contribution in [2.24, 2.45) is 11.3 Å². The van der Waals surface area contributed by atoms with Crippen LogP contribution in [0.15, 0.2) is 51.7 Å². The maximum Gasteiger partial charge on any atom is 0.276 e. The number of rotatable bonds is 5. The second-order valence-electron chi connectivity index (χ2n) is 13.9. The second kappa shape index (κ2) is 14.0. The third-order valence-electron chi connectivity index (χ3n) is 8.33. The van der Waals surface area contributed by atoms with Crippen LogP contribution in [0.5, 0.6) is 0 Å². The van der Waals surface area contributed by atoms with E-state index in [1.165, 1.54) is 17.4 Å². The van der Waals surface area contributed by atoms with Gasteiger partial charge < -0.3 is 35.0 Å². The van der Waals surface area contributed by atoms with Crippen LogP contribution in [0.1, 0.15) is 105 Å². The lowest BCUT2D eigenvalue weighted by molar-refractivity contribution is -0.129. The fraction of sp³-hybridized carbons (Fsp3) is 0.500. The van der Waals surface area contributed by atoms with Crippen molar-refractivity contribution in [1.82, 2.24) is 36.1 Å². The van der Waals surface area contributed by atoms with Crippen molar-refractivity contribution in [1.29, 1.82) is 0 Å². The summed E-state index contributed by atoms with van der Waals surface area (Å²) in [6.45, 7) is 10.9. The molecule has 14 nitrogen and oxygen atoms in total. The Kier molecular flexibility index (Phi) is 10.0. The topological polar surface area (TPSA) is 189 Å². The highest BCUT2D eigenvalue weighted by Crippen LogP contribution is 2.26. The molecular formula is C34H43N7O7. The van der Waals surface area contributed by atoms with Gasteiger partial charge in [-0.3, -0.25) is 24.0 Å². The van der Waals surface area contributed by atoms with Gasteiger partial charge in [0.1, 0.15) is 36.7 Å². The average molecular weight is 662 g/mol. The number of carbonyl (C=O) groups is 5. The SMILES string of the molecule is CC(C)C[C@H]1NC(=O)c2coc(n2)[C@H](Cc2ccccc2)NC(=O)[C@@H]2C[C@H](NC(=O)C(C)(C)C)CN2C(=O)c2coc(n2)[C@@H](C)NC1=O. The number of hydrogen-bond acceptors (Lipinski definition) is 9. The number of fused-ring (bicyclic) bond motifs is 5. The minimum absolute atomic E-state index is 0.0524. The molecule has 3 aromatic rings. The second-order valence-corrected chi connectivity index (χ2v) is 13.9. The predicted octanol–water partition coefficient (Wildman–Crippen LogP) is 2.84. The van der Waals surface area contributed by atoms with Crippen LogP contribution in [0.3, 0.4) is 0 Å². The molecule has 48 heavy (non-hydrogen) atoms. The van der Waals surface area contributed by atoms with Crippen LogP contribution in [-0.2, 0) is 20.8 Å². The minimum Gasteiger partial charge on any atom is -0.446 e. The van der Waals surface area contributed by atoms with Crippen LogP contribution in [0, 0.1) is 11.3 Å². The molecule has 0 aliphatic carbocycles. The number of hydrogen-bond donors (Lipinski definition) is 4. The van der Waals surface area contributed by atoms with E-state index < -0.39 is 59.3 Å². The molecule has 4 bridgehead atoms. The van der Waals surface area contributed by atoms with E-state index in [4.69, 9.17) is 8.83 Å². The van der Waals surface area contributed by atoms with Crippen molar-refractivity contribution in [3.8, 4) is 0 Å². The van der Waals surface area contributed by atoms with Gasteiger partial charge in [-0.1, -0.05) is 65.0 Å². The van der Waals surface area contributed by atoms with Crippen LogP contribution >= 0.6 is 0 Å². The van der Waals surface area contributed by atoms with E-state index in [9.17, 15) is 24.0 Å². The Bertz CT molecular complexity index is 1660. The maximum absolute atomic E-state index is 14.1. The number of carbonyl (C=O) groups excluding carboxylic acids is 5. The Morgan fingerprint density at radius 1 is 0.938 bits per heavy atom. The van der Waals surface area contributed by atoms with E-state index in [0.29, 0.717) is 6.42 Å². The van der Waals surface area contributed by atoms with Crippen molar-refractivity contribution in [2.45, 2.75) is 91.0 Å². The van der Waals surface area contributed by atoms with E-state index in [0.717, 1.165) is 5.56 Å². The van der Waals surface area contributed by atoms with Crippen LogP contribution in [0.4, 0.5) is 0 Å². The number of aromatic nitrogens is 2. The molecule has 0 unspecified atom stereocenters. The van der Waals surface area contributed by atoms with E-state index in [1.807, 2.05) is 44.2 Å². The summed E-state index contributed by atoms with van der Waals surface area (Å²) in [4.78, 5) is 77.8. The van der Waals surface area contributed by atoms with Crippen molar-refractivity contribution in [3.05, 3.63) is 71.6 Å². The smallest absolute Gasteiger partial charge is 0.276 e. The summed E-state index contributed by atoms with van der Waals surface area (Å²) in [6.07, 6.45) is 3.12. The Morgan fingerprint density at radius 3 is 2.29 bits per heavy atom. The molecule has 2 aliphatic rings. The molecule has 256 valence electrons. The molecule has 1 aromatic carbocycles. The van der Waals surface area contributed by atoms with Crippen molar-refractivity contribution < 1.29 is 32.8 Å². The molecule has 2 aliphatic heterocycles. The zero-order chi connectivity index (χ0) is 34.7. The Labute approximate surface area is 278 Å². The third-order valence-corrected chi connectivity index (χ3v) is 8.33. The van der Waals surface area contributed by atoms with Gasteiger partial charge in [0, 0.05) is 24.4 Å². The van der Waals surface area contributed by atoms with Gasteiger partial charge in [-0.2, -0.15) is 0 Å². The fourth-order valence-electron chi connectivity index (χ4n) is 5.73. The zero-order valence-corrected chi connectivity index (χ0v) is 28.0. The molecule has 2 aromatic heterocycles. The lowest BCUT2D eigenvalue weighted by Crippen LogP contribution is -2.48. The number of oxazole rings is 2. The zero-order valence-electron chi connectivity index (χ0n) is 28.0. The lowest BCUT2D eigenvalue weighted by Gasteiger charge is -2.25. The molecule has 0 saturated carbocycles. The molecule has 4 heterocycles. The number of amides is 5. The highest BCUT2D eigenvalue weighted by Gasteiger charge is 2.43. The molecule has 14 heteroatoms. The standard InChI is InChI=1S/C34H43N7O7/c1-18(2)12-22-27(42)35-19(3)30-40-25(17-47-30)32(45)41-15-21(36-33(46)34(4,5)6)14-26(41)29(44)38-23(13-20-10-8-7-9-11-20)31-39-24(16-48-31)28(43)37-22/h7-11,16-19,21-23,26H,12-15H2,1-6H3,(H,35,42)(H,36,46)(H,37,43)(H,38,44)/t19-,21+,22-,23+,26+/m1/s1. The summed E-state index contributed by atoms with van der Waals surface area (Å²) in [6, 6.07) is 5.36. The molecule has 0 spiro atoms. The number of benzene rings is 1. The first-order chi connectivity index (χ1) is 22.7. The summed E-state index contributed by atoms with van der Waals surface area (Å²) in [7, 11) is 0. The summed E-state index contributed by atoms with van der Waals surface area (Å²) in [5.41, 5.74) is 0.0532. The van der Waals surface area contributed by atoms with E-state index in [1.54, 1.807) is 27.7 Å². The highest BCUT2D eigenvalue weighted by molar-refractivity contribution is 5.97. The monoisotopic (exact) mass is 661 g/mol. The van der Waals surface area contributed by atoms with Crippen LogP contribution in [0.2, 0.25) is 0 Å². The largest absolute Gasteiger partial charge is 0.446 e. The molecule has 5 rings (SSSR count). The third kappa shape index (κ3) is 7.92. The van der Waals surface area contributed by atoms with E-state index >= 15 is 0 Å². The van der Waals surface area contributed by atoms with Gasteiger partial charge in [0.05, 0.1) is 0 Å². The lowest BCUT2D eigenvalue weighted by atomic mass is 9.95. The van der Waals surface area contributed by atoms with Gasteiger partial charge in [0.2, 0.25) is 29.5 Å². The molecule has 1 fully saturated rings. The minimum atomic E-state index is -0.994. The molecule has 0 radical (unpaired) electrons. The van der Waals surface area contributed by atoms with Gasteiger partial charge in [-0.15, -0.1) is 0 Å². The average Bonchev–Trinajstić information content (AvgIpc) is 3.80. The van der Waals surface area contributed by atoms with Crippen LogP contribution in [0.25, 0.3) is 0 Å². The number of nitrogens with zero attached hydrogens (tertiary/aromatic N) is 3. The van der Waals surface area contributed by atoms with Gasteiger partial charge in [-0.05, 0) is 31.2 Å². The molecular weight excluding hydrogens is 618 g/mol. The highest BCUT2D eigenvalue weighted by atomic mass is 16.3. The molecule has 4 N–H and O–H groups in total. The molecule has 5 atom stereocenters. The molecule has 5 amide bonds. The first-order valence-electron chi connectivity index (χ1n) is 16.2. The normalized spacial score (nSPS) is 23.9. The van der Waals surface area contributed by atoms with E-state index in [2.05, 4.69) is 31.2 Å². The summed E-state index contributed by atoms with van der Waals surface area (Å²) >= 11 is 0. The summed E-state index contributed by atoms with van der Waals surface area (Å²) in [5.74, 6) is -2.16. The van der Waals surface area contributed by atoms with Gasteiger partial charge in [0.15, 0.2) is 11.4 Å². The summed E-state index contributed by atoms with van der Waals surface area (Å²) < 4.78 is 11.4. The first kappa shape index (κ1) is 34.3.